The number of hydrogen-bond acceptors (Lipinski definition) is 3. The van der Waals surface area contributed by atoms with Crippen LogP contribution in [-0.4, -0.2) is 42.6 Å². The summed E-state index contributed by atoms with van der Waals surface area (Å²) < 4.78 is 30.7. The van der Waals surface area contributed by atoms with Gasteiger partial charge >= 0.3 is 33.5 Å². The first kappa shape index (κ1) is 11.4. The zero-order chi connectivity index (χ0) is 5.91. The van der Waals surface area contributed by atoms with Gasteiger partial charge in [-0.1, -0.05) is 0 Å². The average Bonchev–Trinajstić information content (AvgIpc) is 1.30. The molecule has 48 valence electrons. The molecule has 0 saturated heterocycles. The Hall–Kier alpha value is 0.636. The number of rotatable bonds is 2. The maximum absolute atomic E-state index is 9.56. The van der Waals surface area contributed by atoms with Gasteiger partial charge < -0.3 is 0 Å². The van der Waals surface area contributed by atoms with Crippen molar-refractivity contribution in [2.24, 2.45) is 0 Å². The highest BCUT2D eigenvalue weighted by Crippen LogP contribution is 1.81. The summed E-state index contributed by atoms with van der Waals surface area (Å²) in [5.41, 5.74) is 0. The summed E-state index contributed by atoms with van der Waals surface area (Å²) in [6, 6.07) is 0. The third-order valence-corrected chi connectivity index (χ3v) is 0.800. The fraction of sp³-hybridized carbons (Fsp3) is 1.00. The summed E-state index contributed by atoms with van der Waals surface area (Å²) in [5.74, 6) is 0. The molecule has 0 aromatic heterocycles. The van der Waals surface area contributed by atoms with Crippen LogP contribution in [0, 0.1) is 0 Å². The molecular weight excluding hydrogens is 144 g/mol. The van der Waals surface area contributed by atoms with Gasteiger partial charge in [-0.25, -0.2) is 4.18 Å². The molecule has 0 spiro atoms. The van der Waals surface area contributed by atoms with E-state index in [2.05, 4.69) is 4.18 Å². The highest BCUT2D eigenvalue weighted by Gasteiger charge is 1.98. The Morgan fingerprint density at radius 2 is 2.00 bits per heavy atom. The smallest absolute Gasteiger partial charge is 0.264 e. The van der Waals surface area contributed by atoms with Gasteiger partial charge in [0.25, 0.3) is 0 Å². The van der Waals surface area contributed by atoms with Crippen LogP contribution in [0.2, 0.25) is 0 Å². The van der Waals surface area contributed by atoms with E-state index in [9.17, 15) is 8.42 Å². The first-order chi connectivity index (χ1) is 3.06. The van der Waals surface area contributed by atoms with Crippen LogP contribution in [-0.2, 0) is 14.6 Å². The van der Waals surface area contributed by atoms with Crippen LogP contribution in [0.15, 0.2) is 0 Å². The Kier molecular flexibility index (Phi) is 6.45. The lowest BCUT2D eigenvalue weighted by Crippen LogP contribution is -2.01. The summed E-state index contributed by atoms with van der Waals surface area (Å²) >= 11 is 0. The van der Waals surface area contributed by atoms with Crippen molar-refractivity contribution in [2.75, 3.05) is 6.61 Å². The summed E-state index contributed by atoms with van der Waals surface area (Å²) in [6.45, 7) is 1.44. The molecule has 0 bridgehead atoms. The Labute approximate surface area is 64.3 Å². The van der Waals surface area contributed by atoms with E-state index in [1.807, 2.05) is 0 Å². The van der Waals surface area contributed by atoms with E-state index in [1.54, 1.807) is 0 Å². The molecule has 0 aliphatic carbocycles. The summed E-state index contributed by atoms with van der Waals surface area (Å²) in [5, 5.41) is 0. The van der Waals surface area contributed by atoms with Gasteiger partial charge in [0, 0.05) is 0 Å². The monoisotopic (exact) mass is 152 g/mol. The van der Waals surface area contributed by atoms with Crippen LogP contribution in [0.5, 0.6) is 0 Å². The lowest BCUT2D eigenvalue weighted by atomic mass is 10.9. The summed E-state index contributed by atoms with van der Waals surface area (Å²) in [6.07, 6.45) is 0. The first-order valence-corrected chi connectivity index (χ1v) is 3.04. The molecule has 6 heteroatoms. The van der Waals surface area contributed by atoms with Crippen molar-refractivity contribution in [3.63, 3.8) is 0 Å². The topological polar surface area (TPSA) is 63.6 Å². The second-order valence-electron chi connectivity index (χ2n) is 0.834. The molecule has 0 radical (unpaired) electrons. The number of hydrogen-bond donors (Lipinski definition) is 1. The Balaban J connectivity index is 0. The van der Waals surface area contributed by atoms with E-state index in [4.69, 9.17) is 4.55 Å². The van der Waals surface area contributed by atoms with E-state index in [1.165, 1.54) is 6.92 Å². The van der Waals surface area contributed by atoms with Crippen molar-refractivity contribution in [3.8, 4) is 0 Å². The minimum absolute atomic E-state index is 0. The lowest BCUT2D eigenvalue weighted by molar-refractivity contribution is 0.283. The SMILES string of the molecule is CCOS(=O)(=O)O.[MgH2]. The molecule has 0 aromatic rings. The highest BCUT2D eigenvalue weighted by atomic mass is 32.3. The molecule has 0 amide bonds. The van der Waals surface area contributed by atoms with E-state index in [0.717, 1.165) is 0 Å². The lowest BCUT2D eigenvalue weighted by Gasteiger charge is -1.88. The first-order valence-electron chi connectivity index (χ1n) is 1.68. The normalized spacial score (nSPS) is 10.2. The predicted molar refractivity (Wildman–Crippen MR) is 31.7 cm³/mol. The molecule has 4 nitrogen and oxygen atoms in total. The van der Waals surface area contributed by atoms with Crippen LogP contribution >= 0.6 is 0 Å². The molecule has 0 aromatic carbocycles. The third-order valence-electron chi connectivity index (χ3n) is 0.267. The minimum Gasteiger partial charge on any atom is -0.264 e. The fourth-order valence-electron chi connectivity index (χ4n) is 0.149. The van der Waals surface area contributed by atoms with Crippen LogP contribution in [0.4, 0.5) is 0 Å². The quantitative estimate of drug-likeness (QED) is 0.403. The molecule has 0 unspecified atom stereocenters. The molecule has 0 aliphatic heterocycles. The van der Waals surface area contributed by atoms with Crippen molar-refractivity contribution in [2.45, 2.75) is 6.92 Å². The Bertz CT molecular complexity index is 127. The van der Waals surface area contributed by atoms with Crippen LogP contribution in [0.25, 0.3) is 0 Å². The van der Waals surface area contributed by atoms with Gasteiger partial charge in [-0.3, -0.25) is 4.55 Å². The van der Waals surface area contributed by atoms with E-state index >= 15 is 0 Å². The maximum Gasteiger partial charge on any atom is 0.397 e. The third kappa shape index (κ3) is 9.81. The van der Waals surface area contributed by atoms with Crippen LogP contribution in [0.1, 0.15) is 6.92 Å². The standard InChI is InChI=1S/C2H6O4S.Mg.2H/c1-2-6-7(3,4)5;;;/h2H2,1H3,(H,3,4,5);;;. The van der Waals surface area contributed by atoms with Crippen LogP contribution < -0.4 is 0 Å². The largest absolute Gasteiger partial charge is 0.397 e. The summed E-state index contributed by atoms with van der Waals surface area (Å²) in [4.78, 5) is 0. The second kappa shape index (κ2) is 4.51. The maximum atomic E-state index is 9.56. The molecular formula is C2H8MgO4S. The van der Waals surface area contributed by atoms with Gasteiger partial charge in [-0.2, -0.15) is 8.42 Å². The minimum atomic E-state index is -4.17. The zero-order valence-corrected chi connectivity index (χ0v) is 4.60. The zero-order valence-electron chi connectivity index (χ0n) is 3.79. The van der Waals surface area contributed by atoms with Crippen molar-refractivity contribution in [1.82, 2.24) is 0 Å². The second-order valence-corrected chi connectivity index (χ2v) is 1.93. The molecule has 0 rings (SSSR count). The van der Waals surface area contributed by atoms with Crippen molar-refractivity contribution in [3.05, 3.63) is 0 Å². The molecule has 8 heavy (non-hydrogen) atoms. The molecule has 0 aliphatic rings. The van der Waals surface area contributed by atoms with Crippen molar-refractivity contribution < 1.29 is 17.2 Å². The van der Waals surface area contributed by atoms with Crippen LogP contribution in [0.3, 0.4) is 0 Å². The fourth-order valence-corrected chi connectivity index (χ4v) is 0.447. The highest BCUT2D eigenvalue weighted by molar-refractivity contribution is 7.80. The van der Waals surface area contributed by atoms with E-state index in [-0.39, 0.29) is 29.7 Å². The molecule has 0 saturated carbocycles. The van der Waals surface area contributed by atoms with Gasteiger partial charge in [-0.05, 0) is 6.92 Å². The van der Waals surface area contributed by atoms with Gasteiger partial charge in [0.15, 0.2) is 0 Å². The predicted octanol–water partition coefficient (Wildman–Crippen LogP) is -1.09. The van der Waals surface area contributed by atoms with Gasteiger partial charge in [0.1, 0.15) is 0 Å². The van der Waals surface area contributed by atoms with Gasteiger partial charge in [-0.15, -0.1) is 0 Å². The van der Waals surface area contributed by atoms with Gasteiger partial charge in [0.2, 0.25) is 0 Å². The Morgan fingerprint density at radius 3 is 2.00 bits per heavy atom. The molecule has 0 heterocycles. The van der Waals surface area contributed by atoms with Gasteiger partial charge in [0.05, 0.1) is 6.61 Å². The summed E-state index contributed by atoms with van der Waals surface area (Å²) in [7, 11) is -4.17. The average molecular weight is 152 g/mol. The molecule has 0 atom stereocenters. The van der Waals surface area contributed by atoms with E-state index in [0.29, 0.717) is 0 Å². The Morgan fingerprint density at radius 1 is 1.62 bits per heavy atom. The van der Waals surface area contributed by atoms with Crippen molar-refractivity contribution >= 4 is 33.5 Å². The van der Waals surface area contributed by atoms with E-state index < -0.39 is 10.4 Å². The van der Waals surface area contributed by atoms with Crippen molar-refractivity contribution in [1.29, 1.82) is 0 Å². The molecule has 1 N–H and O–H groups in total. The molecule has 0 fully saturated rings.